The summed E-state index contributed by atoms with van der Waals surface area (Å²) in [5, 5.41) is 10.8. The van der Waals surface area contributed by atoms with Gasteiger partial charge >= 0.3 is 0 Å². The summed E-state index contributed by atoms with van der Waals surface area (Å²) in [6.45, 7) is 1.57. The lowest BCUT2D eigenvalue weighted by molar-refractivity contribution is -0.135. The van der Waals surface area contributed by atoms with Crippen LogP contribution in [0.5, 0.6) is 11.5 Å². The quantitative estimate of drug-likeness (QED) is 0.550. The van der Waals surface area contributed by atoms with Crippen LogP contribution in [0.2, 0.25) is 0 Å². The molecule has 3 heterocycles. The molecule has 0 aliphatic carbocycles. The number of aromatic hydroxyl groups is 1. The van der Waals surface area contributed by atoms with Crippen molar-refractivity contribution in [2.24, 2.45) is 0 Å². The van der Waals surface area contributed by atoms with Gasteiger partial charge in [0.25, 0.3) is 0 Å². The summed E-state index contributed by atoms with van der Waals surface area (Å²) in [4.78, 5) is 40.7. The van der Waals surface area contributed by atoms with Crippen LogP contribution >= 0.6 is 0 Å². The average molecular weight is 471 g/mol. The van der Waals surface area contributed by atoms with E-state index < -0.39 is 22.5 Å². The number of amides is 1. The Hall–Kier alpha value is -3.63. The molecule has 1 aromatic carbocycles. The van der Waals surface area contributed by atoms with Crippen LogP contribution in [-0.2, 0) is 20.9 Å². The summed E-state index contributed by atoms with van der Waals surface area (Å²) in [6.07, 6.45) is 1.00. The normalized spacial score (nSPS) is 14.8. The number of carbonyl (C=O) groups excluding carboxylic acids is 1. The van der Waals surface area contributed by atoms with Gasteiger partial charge in [-0.15, -0.1) is 0 Å². The lowest BCUT2D eigenvalue weighted by Crippen LogP contribution is -2.41. The number of nitrogens with zero attached hydrogens (tertiary/aromatic N) is 1. The number of methoxy groups -OCH3 is 2. The summed E-state index contributed by atoms with van der Waals surface area (Å²) in [5.74, 6) is -1.63. The molecule has 1 atom stereocenters. The molecule has 180 valence electrons. The Kier molecular flexibility index (Phi) is 6.99. The van der Waals surface area contributed by atoms with Crippen LogP contribution in [0.25, 0.3) is 11.0 Å². The Morgan fingerprint density at radius 2 is 1.94 bits per heavy atom. The van der Waals surface area contributed by atoms with E-state index in [4.69, 9.17) is 23.0 Å². The fraction of sp³-hybridized carbons (Fsp3) is 0.375. The molecule has 0 saturated carbocycles. The van der Waals surface area contributed by atoms with Crippen LogP contribution < -0.4 is 15.6 Å². The molecular formula is C24H25NO9. The summed E-state index contributed by atoms with van der Waals surface area (Å²) >= 11 is 0. The summed E-state index contributed by atoms with van der Waals surface area (Å²) in [5.41, 5.74) is -0.745. The van der Waals surface area contributed by atoms with Crippen molar-refractivity contribution in [3.8, 4) is 11.5 Å². The first kappa shape index (κ1) is 23.5. The maximum absolute atomic E-state index is 13.5. The molecule has 1 N–H and O–H groups in total. The number of hydrogen-bond acceptors (Lipinski definition) is 9. The molecule has 10 heteroatoms. The zero-order valence-corrected chi connectivity index (χ0v) is 18.9. The fourth-order valence-corrected chi connectivity index (χ4v) is 3.96. The second-order valence-electron chi connectivity index (χ2n) is 7.85. The maximum Gasteiger partial charge on any atom is 0.227 e. The highest BCUT2D eigenvalue weighted by atomic mass is 16.5. The molecule has 34 heavy (non-hydrogen) atoms. The second kappa shape index (κ2) is 10.1. The lowest BCUT2D eigenvalue weighted by Gasteiger charge is -2.28. The van der Waals surface area contributed by atoms with E-state index in [-0.39, 0.29) is 41.4 Å². The minimum Gasteiger partial charge on any atom is -0.502 e. The minimum absolute atomic E-state index is 0.0316. The summed E-state index contributed by atoms with van der Waals surface area (Å²) in [6, 6.07) is 5.90. The van der Waals surface area contributed by atoms with E-state index >= 15 is 0 Å². The first-order valence-electron chi connectivity index (χ1n) is 10.7. The van der Waals surface area contributed by atoms with E-state index in [0.717, 1.165) is 6.07 Å². The monoisotopic (exact) mass is 471 g/mol. The molecule has 0 radical (unpaired) electrons. The first-order valence-corrected chi connectivity index (χ1v) is 10.7. The number of benzene rings is 1. The van der Waals surface area contributed by atoms with Crippen molar-refractivity contribution < 1.29 is 32.9 Å². The van der Waals surface area contributed by atoms with E-state index in [9.17, 15) is 19.5 Å². The van der Waals surface area contributed by atoms with Crippen LogP contribution in [0.3, 0.4) is 0 Å². The van der Waals surface area contributed by atoms with Crippen molar-refractivity contribution >= 4 is 16.9 Å². The Labute approximate surface area is 194 Å². The predicted molar refractivity (Wildman–Crippen MR) is 120 cm³/mol. The molecule has 1 aliphatic rings. The number of carbonyl (C=O) groups is 1. The van der Waals surface area contributed by atoms with Gasteiger partial charge in [0.05, 0.1) is 37.9 Å². The van der Waals surface area contributed by atoms with E-state index in [2.05, 4.69) is 0 Å². The van der Waals surface area contributed by atoms with Crippen LogP contribution in [0.1, 0.15) is 29.4 Å². The maximum atomic E-state index is 13.5. The van der Waals surface area contributed by atoms with Gasteiger partial charge < -0.3 is 33.1 Å². The van der Waals surface area contributed by atoms with Gasteiger partial charge in [0.15, 0.2) is 11.2 Å². The largest absolute Gasteiger partial charge is 0.502 e. The van der Waals surface area contributed by atoms with Gasteiger partial charge in [0.2, 0.25) is 17.1 Å². The van der Waals surface area contributed by atoms with Gasteiger partial charge in [-0.05, 0) is 18.2 Å². The summed E-state index contributed by atoms with van der Waals surface area (Å²) in [7, 11) is 2.90. The van der Waals surface area contributed by atoms with Gasteiger partial charge in [-0.2, -0.15) is 0 Å². The van der Waals surface area contributed by atoms with E-state index in [1.165, 1.54) is 26.5 Å². The van der Waals surface area contributed by atoms with Gasteiger partial charge in [-0.25, -0.2) is 0 Å². The second-order valence-corrected chi connectivity index (χ2v) is 7.85. The SMILES string of the molecule is COCc1cc(=O)c(O)c([C@H](CC(=O)N2CCOCC2)c2coc3ccc(OC)cc3c2=O)o1. The molecule has 1 amide bonds. The van der Waals surface area contributed by atoms with Gasteiger partial charge in [-0.1, -0.05) is 0 Å². The fourth-order valence-electron chi connectivity index (χ4n) is 3.96. The van der Waals surface area contributed by atoms with Crippen molar-refractivity contribution in [3.63, 3.8) is 0 Å². The molecule has 0 bridgehead atoms. The Bertz CT molecular complexity index is 1300. The van der Waals surface area contributed by atoms with Gasteiger partial charge in [0, 0.05) is 38.2 Å². The zero-order valence-electron chi connectivity index (χ0n) is 18.9. The Balaban J connectivity index is 1.86. The average Bonchev–Trinajstić information content (AvgIpc) is 2.86. The highest BCUT2D eigenvalue weighted by molar-refractivity contribution is 5.80. The molecule has 4 rings (SSSR count). The number of hydrogen-bond donors (Lipinski definition) is 1. The van der Waals surface area contributed by atoms with Crippen molar-refractivity contribution in [3.05, 3.63) is 68.1 Å². The minimum atomic E-state index is -1.08. The van der Waals surface area contributed by atoms with Crippen molar-refractivity contribution in [1.29, 1.82) is 0 Å². The third-order valence-electron chi connectivity index (χ3n) is 5.73. The molecule has 0 spiro atoms. The van der Waals surface area contributed by atoms with Crippen LogP contribution in [0.4, 0.5) is 0 Å². The number of rotatable bonds is 7. The third-order valence-corrected chi connectivity index (χ3v) is 5.73. The van der Waals surface area contributed by atoms with Gasteiger partial charge in [0.1, 0.15) is 23.7 Å². The number of morpholine rings is 1. The van der Waals surface area contributed by atoms with E-state index in [0.29, 0.717) is 37.6 Å². The standard InChI is InChI=1S/C24H25NO9/c1-30-12-15-10-19(26)23(29)24(34-15)16(11-21(27)25-5-7-32-8-6-25)18-13-33-20-4-3-14(31-2)9-17(20)22(18)28/h3-4,9-10,13,16,29H,5-8,11-12H2,1-2H3/t16-/m1/s1. The van der Waals surface area contributed by atoms with E-state index in [1.807, 2.05) is 0 Å². The van der Waals surface area contributed by atoms with Crippen molar-refractivity contribution in [2.45, 2.75) is 18.9 Å². The number of ether oxygens (including phenoxy) is 3. The van der Waals surface area contributed by atoms with Gasteiger partial charge in [-0.3, -0.25) is 14.4 Å². The molecular weight excluding hydrogens is 446 g/mol. The van der Waals surface area contributed by atoms with E-state index in [1.54, 1.807) is 17.0 Å². The Morgan fingerprint density at radius 3 is 2.65 bits per heavy atom. The first-order chi connectivity index (χ1) is 16.4. The molecule has 1 fully saturated rings. The van der Waals surface area contributed by atoms with Crippen LogP contribution in [-0.4, -0.2) is 56.4 Å². The molecule has 0 unspecified atom stereocenters. The zero-order chi connectivity index (χ0) is 24.2. The predicted octanol–water partition coefficient (Wildman–Crippen LogP) is 1.99. The molecule has 1 aliphatic heterocycles. The molecule has 10 nitrogen and oxygen atoms in total. The molecule has 1 saturated heterocycles. The van der Waals surface area contributed by atoms with Crippen molar-refractivity contribution in [1.82, 2.24) is 4.90 Å². The Morgan fingerprint density at radius 1 is 1.18 bits per heavy atom. The highest BCUT2D eigenvalue weighted by Gasteiger charge is 2.31. The van der Waals surface area contributed by atoms with Crippen molar-refractivity contribution in [2.75, 3.05) is 40.5 Å². The molecule has 3 aromatic rings. The topological polar surface area (TPSA) is 129 Å². The smallest absolute Gasteiger partial charge is 0.227 e. The lowest BCUT2D eigenvalue weighted by atomic mass is 9.91. The van der Waals surface area contributed by atoms with Crippen LogP contribution in [0.15, 0.2) is 49.0 Å². The third kappa shape index (κ3) is 4.68. The molecule has 2 aromatic heterocycles. The number of fused-ring (bicyclic) bond motifs is 1. The van der Waals surface area contributed by atoms with Crippen LogP contribution in [0, 0.1) is 0 Å². The highest BCUT2D eigenvalue weighted by Crippen LogP contribution is 2.33. The summed E-state index contributed by atoms with van der Waals surface area (Å²) < 4.78 is 27.0.